The maximum atomic E-state index is 11.7. The van der Waals surface area contributed by atoms with Crippen molar-refractivity contribution in [1.82, 2.24) is 10.2 Å². The van der Waals surface area contributed by atoms with E-state index in [2.05, 4.69) is 19.2 Å². The van der Waals surface area contributed by atoms with E-state index in [1.807, 2.05) is 41.5 Å². The number of nitrogens with one attached hydrogen (secondary N) is 1. The second kappa shape index (κ2) is 8.42. The Morgan fingerprint density at radius 2 is 1.78 bits per heavy atom. The standard InChI is InChI=1S/C9H20O2.C8H17N3O/c1-8(2)11-7-6-9(3,4)10-5;1-7(2)6(12)11(5-9)8(3,4)10-7/h8H,6-7H2,1-5H3;10H,5,9H2,1-4H3. The Hall–Kier alpha value is -0.690. The third-order valence-corrected chi connectivity index (χ3v) is 3.96. The quantitative estimate of drug-likeness (QED) is 0.779. The zero-order valence-electron chi connectivity index (χ0n) is 16.4. The normalized spacial score (nSPS) is 19.8. The highest BCUT2D eigenvalue weighted by atomic mass is 16.5. The second-order valence-corrected chi connectivity index (χ2v) is 7.86. The van der Waals surface area contributed by atoms with Gasteiger partial charge in [-0.15, -0.1) is 0 Å². The highest BCUT2D eigenvalue weighted by molar-refractivity contribution is 5.88. The van der Waals surface area contributed by atoms with Crippen LogP contribution in [0.4, 0.5) is 0 Å². The zero-order valence-corrected chi connectivity index (χ0v) is 16.4. The lowest BCUT2D eigenvalue weighted by Gasteiger charge is -2.29. The van der Waals surface area contributed by atoms with Crippen LogP contribution in [0, 0.1) is 0 Å². The Morgan fingerprint density at radius 1 is 1.26 bits per heavy atom. The van der Waals surface area contributed by atoms with Gasteiger partial charge in [-0.3, -0.25) is 10.1 Å². The molecule has 0 bridgehead atoms. The Bertz CT molecular complexity index is 379. The van der Waals surface area contributed by atoms with Gasteiger partial charge in [0.1, 0.15) is 0 Å². The lowest BCUT2D eigenvalue weighted by Crippen LogP contribution is -2.50. The summed E-state index contributed by atoms with van der Waals surface area (Å²) in [6.45, 7) is 16.9. The molecule has 1 aliphatic heterocycles. The van der Waals surface area contributed by atoms with E-state index < -0.39 is 5.54 Å². The fourth-order valence-corrected chi connectivity index (χ4v) is 2.43. The first-order valence-corrected chi connectivity index (χ1v) is 8.27. The summed E-state index contributed by atoms with van der Waals surface area (Å²) < 4.78 is 10.6. The minimum Gasteiger partial charge on any atom is -0.379 e. The average Bonchev–Trinajstić information content (AvgIpc) is 2.53. The summed E-state index contributed by atoms with van der Waals surface area (Å²) in [5, 5.41) is 3.22. The number of nitrogens with two attached hydrogens (primary N) is 1. The fraction of sp³-hybridized carbons (Fsp3) is 0.941. The van der Waals surface area contributed by atoms with Crippen LogP contribution in [0.1, 0.15) is 61.8 Å². The molecule has 138 valence electrons. The van der Waals surface area contributed by atoms with E-state index in [9.17, 15) is 4.79 Å². The van der Waals surface area contributed by atoms with Crippen LogP contribution in [0.2, 0.25) is 0 Å². The number of carbonyl (C=O) groups excluding carboxylic acids is 1. The Kier molecular flexibility index (Phi) is 8.17. The van der Waals surface area contributed by atoms with E-state index >= 15 is 0 Å². The van der Waals surface area contributed by atoms with E-state index in [0.29, 0.717) is 6.10 Å². The van der Waals surface area contributed by atoms with Crippen LogP contribution >= 0.6 is 0 Å². The van der Waals surface area contributed by atoms with Crippen molar-refractivity contribution in [3.8, 4) is 0 Å². The van der Waals surface area contributed by atoms with Crippen molar-refractivity contribution in [2.75, 3.05) is 20.4 Å². The second-order valence-electron chi connectivity index (χ2n) is 7.86. The lowest BCUT2D eigenvalue weighted by molar-refractivity contribution is -0.133. The third kappa shape index (κ3) is 7.16. The van der Waals surface area contributed by atoms with E-state index in [0.717, 1.165) is 13.0 Å². The summed E-state index contributed by atoms with van der Waals surface area (Å²) in [7, 11) is 1.73. The van der Waals surface area contributed by atoms with E-state index in [1.165, 1.54) is 0 Å². The molecule has 0 aromatic rings. The maximum absolute atomic E-state index is 11.7. The summed E-state index contributed by atoms with van der Waals surface area (Å²) in [6, 6.07) is 0. The summed E-state index contributed by atoms with van der Waals surface area (Å²) in [4.78, 5) is 13.3. The predicted octanol–water partition coefficient (Wildman–Crippen LogP) is 2.08. The van der Waals surface area contributed by atoms with Gasteiger partial charge >= 0.3 is 0 Å². The van der Waals surface area contributed by atoms with Gasteiger partial charge in [0.25, 0.3) is 0 Å². The summed E-state index contributed by atoms with van der Waals surface area (Å²) in [6.07, 6.45) is 1.27. The van der Waals surface area contributed by atoms with Gasteiger partial charge in [0, 0.05) is 13.7 Å². The van der Waals surface area contributed by atoms with Crippen LogP contribution in [0.15, 0.2) is 0 Å². The van der Waals surface area contributed by atoms with Crippen LogP contribution in [0.3, 0.4) is 0 Å². The molecule has 0 spiro atoms. The minimum absolute atomic E-state index is 0.0467. The van der Waals surface area contributed by atoms with Crippen molar-refractivity contribution >= 4 is 5.91 Å². The first kappa shape index (κ1) is 22.3. The molecule has 1 rings (SSSR count). The molecule has 23 heavy (non-hydrogen) atoms. The number of ether oxygens (including phenoxy) is 2. The van der Waals surface area contributed by atoms with Crippen LogP contribution < -0.4 is 11.1 Å². The number of carbonyl (C=O) groups is 1. The minimum atomic E-state index is -0.483. The highest BCUT2D eigenvalue weighted by Gasteiger charge is 2.48. The smallest absolute Gasteiger partial charge is 0.244 e. The van der Waals surface area contributed by atoms with Crippen LogP contribution in [0.25, 0.3) is 0 Å². The van der Waals surface area contributed by atoms with Gasteiger partial charge in [-0.25, -0.2) is 0 Å². The lowest BCUT2D eigenvalue weighted by atomic mass is 10.1. The van der Waals surface area contributed by atoms with Crippen molar-refractivity contribution < 1.29 is 14.3 Å². The first-order chi connectivity index (χ1) is 10.3. The average molecular weight is 332 g/mol. The Labute approximate surface area is 142 Å². The van der Waals surface area contributed by atoms with Gasteiger partial charge in [-0.1, -0.05) is 0 Å². The molecule has 0 aliphatic carbocycles. The van der Waals surface area contributed by atoms with Crippen molar-refractivity contribution in [2.24, 2.45) is 5.73 Å². The molecule has 0 saturated carbocycles. The molecule has 0 radical (unpaired) electrons. The zero-order chi connectivity index (χ0) is 18.5. The van der Waals surface area contributed by atoms with Gasteiger partial charge in [-0.2, -0.15) is 0 Å². The highest BCUT2D eigenvalue weighted by Crippen LogP contribution is 2.26. The van der Waals surface area contributed by atoms with Crippen LogP contribution in [-0.4, -0.2) is 54.1 Å². The number of hydrogen-bond donors (Lipinski definition) is 2. The molecule has 1 heterocycles. The summed E-state index contributed by atoms with van der Waals surface area (Å²) in [5.41, 5.74) is 4.63. The molecule has 0 aromatic heterocycles. The maximum Gasteiger partial charge on any atom is 0.244 e. The third-order valence-electron chi connectivity index (χ3n) is 3.96. The van der Waals surface area contributed by atoms with E-state index in [1.54, 1.807) is 12.0 Å². The molecule has 6 nitrogen and oxygen atoms in total. The van der Waals surface area contributed by atoms with Crippen molar-refractivity contribution in [1.29, 1.82) is 0 Å². The molecular weight excluding hydrogens is 294 g/mol. The first-order valence-electron chi connectivity index (χ1n) is 8.27. The monoisotopic (exact) mass is 331 g/mol. The fourth-order valence-electron chi connectivity index (χ4n) is 2.43. The molecule has 0 aromatic carbocycles. The van der Waals surface area contributed by atoms with Gasteiger partial charge in [0.15, 0.2) is 0 Å². The van der Waals surface area contributed by atoms with E-state index in [-0.39, 0.29) is 23.8 Å². The van der Waals surface area contributed by atoms with Crippen molar-refractivity contribution in [3.63, 3.8) is 0 Å². The Balaban J connectivity index is 0.000000423. The molecule has 1 fully saturated rings. The SMILES string of the molecule is CC1(C)NC(C)(C)N(CN)C1=O.COC(C)(C)CCOC(C)C. The van der Waals surface area contributed by atoms with Gasteiger partial charge in [0.2, 0.25) is 5.91 Å². The molecule has 1 aliphatic rings. The topological polar surface area (TPSA) is 76.8 Å². The number of rotatable bonds is 6. The van der Waals surface area contributed by atoms with Gasteiger partial charge in [-0.05, 0) is 61.8 Å². The molecule has 6 heteroatoms. The number of hydrogen-bond acceptors (Lipinski definition) is 5. The number of methoxy groups -OCH3 is 1. The predicted molar refractivity (Wildman–Crippen MR) is 94.0 cm³/mol. The molecule has 0 unspecified atom stereocenters. The van der Waals surface area contributed by atoms with Crippen molar-refractivity contribution in [2.45, 2.75) is 84.7 Å². The van der Waals surface area contributed by atoms with Crippen molar-refractivity contribution in [3.05, 3.63) is 0 Å². The van der Waals surface area contributed by atoms with Crippen LogP contribution in [0.5, 0.6) is 0 Å². The summed E-state index contributed by atoms with van der Waals surface area (Å²) >= 11 is 0. The largest absolute Gasteiger partial charge is 0.379 e. The van der Waals surface area contributed by atoms with Gasteiger partial charge < -0.3 is 20.1 Å². The molecular formula is C17H37N3O3. The molecule has 1 amide bonds. The van der Waals surface area contributed by atoms with Crippen LogP contribution in [-0.2, 0) is 14.3 Å². The molecule has 3 N–H and O–H groups in total. The number of nitrogens with zero attached hydrogens (tertiary/aromatic N) is 1. The van der Waals surface area contributed by atoms with Gasteiger partial charge in [0.05, 0.1) is 29.6 Å². The van der Waals surface area contributed by atoms with E-state index in [4.69, 9.17) is 15.2 Å². The molecule has 0 atom stereocenters. The molecule has 1 saturated heterocycles. The number of amides is 1. The Morgan fingerprint density at radius 3 is 2.04 bits per heavy atom. The summed E-state index contributed by atoms with van der Waals surface area (Å²) in [5.74, 6) is 0.0648.